The number of aromatic nitrogens is 2. The molecule has 3 aliphatic rings. The van der Waals surface area contributed by atoms with Gasteiger partial charge in [-0.25, -0.2) is 4.68 Å². The Labute approximate surface area is 243 Å². The predicted molar refractivity (Wildman–Crippen MR) is 157 cm³/mol. The van der Waals surface area contributed by atoms with E-state index in [1.165, 1.54) is 16.8 Å². The van der Waals surface area contributed by atoms with Crippen molar-refractivity contribution >= 4 is 34.5 Å². The average Bonchev–Trinajstić information content (AvgIpc) is 3.56. The van der Waals surface area contributed by atoms with Gasteiger partial charge in [-0.3, -0.25) is 24.5 Å². The van der Waals surface area contributed by atoms with Gasteiger partial charge in [-0.05, 0) is 18.2 Å². The van der Waals surface area contributed by atoms with Gasteiger partial charge in [-0.2, -0.15) is 5.10 Å². The molecular formula is C33H19N5O5. The van der Waals surface area contributed by atoms with E-state index < -0.39 is 27.8 Å². The van der Waals surface area contributed by atoms with Crippen molar-refractivity contribution in [3.8, 4) is 16.9 Å². The first-order valence-corrected chi connectivity index (χ1v) is 13.5. The zero-order valence-corrected chi connectivity index (χ0v) is 22.2. The van der Waals surface area contributed by atoms with Crippen LogP contribution in [0.25, 0.3) is 16.9 Å². The fraction of sp³-hybridized carbons (Fsp3) is 0.0303. The van der Waals surface area contributed by atoms with Crippen molar-refractivity contribution < 1.29 is 19.3 Å². The number of allylic oxidation sites excluding steroid dienone is 1. The van der Waals surface area contributed by atoms with Crippen LogP contribution in [0.4, 0.5) is 17.1 Å². The van der Waals surface area contributed by atoms with Crippen LogP contribution in [-0.4, -0.2) is 32.2 Å². The molecule has 0 fully saturated rings. The number of fused-ring (bicyclic) bond motifs is 6. The fourth-order valence-electron chi connectivity index (χ4n) is 6.42. The predicted octanol–water partition coefficient (Wildman–Crippen LogP) is 5.44. The number of nitrogens with one attached hydrogen (secondary N) is 2. The van der Waals surface area contributed by atoms with Crippen molar-refractivity contribution in [1.82, 2.24) is 9.78 Å². The van der Waals surface area contributed by atoms with Gasteiger partial charge in [0.15, 0.2) is 11.2 Å². The Morgan fingerprint density at radius 3 is 2.12 bits per heavy atom. The number of carbonyl (C=O) groups is 3. The number of hydrogen-bond donors (Lipinski definition) is 2. The third-order valence-corrected chi connectivity index (χ3v) is 8.26. The molecule has 2 N–H and O–H groups in total. The first kappa shape index (κ1) is 24.6. The van der Waals surface area contributed by atoms with Crippen molar-refractivity contribution in [3.05, 3.63) is 147 Å². The number of nitrogens with zero attached hydrogens (tertiary/aromatic N) is 3. The van der Waals surface area contributed by atoms with Gasteiger partial charge in [-0.1, -0.05) is 72.8 Å². The van der Waals surface area contributed by atoms with Crippen molar-refractivity contribution in [1.29, 1.82) is 0 Å². The van der Waals surface area contributed by atoms with Crippen LogP contribution in [-0.2, 0) is 10.2 Å². The Hall–Kier alpha value is -6.16. The molecule has 206 valence electrons. The van der Waals surface area contributed by atoms with Crippen molar-refractivity contribution in [2.75, 3.05) is 10.6 Å². The van der Waals surface area contributed by atoms with Gasteiger partial charge in [0.25, 0.3) is 5.69 Å². The van der Waals surface area contributed by atoms with Crippen LogP contribution in [0.15, 0.2) is 114 Å². The topological polar surface area (TPSA) is 136 Å². The van der Waals surface area contributed by atoms with Gasteiger partial charge in [0.1, 0.15) is 5.69 Å². The number of benzene rings is 4. The fourth-order valence-corrected chi connectivity index (χ4v) is 6.42. The van der Waals surface area contributed by atoms with Crippen molar-refractivity contribution in [2.45, 2.75) is 5.41 Å². The van der Waals surface area contributed by atoms with E-state index in [4.69, 9.17) is 5.10 Å². The lowest BCUT2D eigenvalue weighted by molar-refractivity contribution is -0.384. The molecule has 0 radical (unpaired) electrons. The third-order valence-electron chi connectivity index (χ3n) is 8.26. The smallest absolute Gasteiger partial charge is 0.269 e. The molecule has 8 rings (SSSR count). The number of hydrogen-bond acceptors (Lipinski definition) is 7. The molecule has 1 spiro atoms. The van der Waals surface area contributed by atoms with Crippen LogP contribution in [0.5, 0.6) is 0 Å². The van der Waals surface area contributed by atoms with Gasteiger partial charge in [-0.15, -0.1) is 0 Å². The maximum Gasteiger partial charge on any atom is 0.269 e. The molecule has 10 nitrogen and oxygen atoms in total. The Balaban J connectivity index is 1.52. The highest BCUT2D eigenvalue weighted by Gasteiger charge is 2.61. The molecule has 43 heavy (non-hydrogen) atoms. The summed E-state index contributed by atoms with van der Waals surface area (Å²) < 4.78 is 1.54. The van der Waals surface area contributed by atoms with E-state index in [9.17, 15) is 24.5 Å². The summed E-state index contributed by atoms with van der Waals surface area (Å²) in [6.45, 7) is 0. The Morgan fingerprint density at radius 1 is 0.744 bits per heavy atom. The molecule has 5 aromatic rings. The minimum atomic E-state index is -1.77. The second-order valence-electron chi connectivity index (χ2n) is 10.5. The van der Waals surface area contributed by atoms with E-state index in [1.54, 1.807) is 60.7 Å². The Kier molecular flexibility index (Phi) is 4.96. The highest BCUT2D eigenvalue weighted by atomic mass is 16.6. The summed E-state index contributed by atoms with van der Waals surface area (Å²) in [6.07, 6.45) is 0. The van der Waals surface area contributed by atoms with E-state index in [2.05, 4.69) is 10.6 Å². The van der Waals surface area contributed by atoms with Gasteiger partial charge in [0.2, 0.25) is 11.7 Å². The molecule has 1 amide bonds. The highest BCUT2D eigenvalue weighted by Crippen LogP contribution is 2.57. The second kappa shape index (κ2) is 8.67. The maximum atomic E-state index is 14.5. The lowest BCUT2D eigenvalue weighted by atomic mass is 9.64. The minimum absolute atomic E-state index is 0.00817. The average molecular weight is 566 g/mol. The molecule has 4 aromatic carbocycles. The van der Waals surface area contributed by atoms with Crippen LogP contribution in [0.3, 0.4) is 0 Å². The quantitative estimate of drug-likeness (QED) is 0.219. The molecule has 3 heterocycles. The lowest BCUT2D eigenvalue weighted by Crippen LogP contribution is -2.48. The zero-order valence-electron chi connectivity index (χ0n) is 22.2. The number of para-hydroxylation sites is 1. The van der Waals surface area contributed by atoms with Crippen LogP contribution in [0, 0.1) is 10.1 Å². The maximum absolute atomic E-state index is 14.5. The summed E-state index contributed by atoms with van der Waals surface area (Å²) in [7, 11) is 0. The zero-order chi connectivity index (χ0) is 29.5. The van der Waals surface area contributed by atoms with Crippen molar-refractivity contribution in [2.24, 2.45) is 0 Å². The summed E-state index contributed by atoms with van der Waals surface area (Å²) in [6, 6.07) is 28.7. The summed E-state index contributed by atoms with van der Waals surface area (Å²) in [5.74, 6) is -1.37. The number of nitro benzene ring substituents is 1. The van der Waals surface area contributed by atoms with Crippen LogP contribution in [0.1, 0.15) is 32.0 Å². The number of amides is 1. The molecule has 2 aliphatic heterocycles. The van der Waals surface area contributed by atoms with E-state index in [-0.39, 0.29) is 28.1 Å². The number of non-ortho nitro benzene ring substituents is 1. The van der Waals surface area contributed by atoms with E-state index in [1.807, 2.05) is 30.3 Å². The number of ketones is 2. The number of nitro groups is 1. The first-order chi connectivity index (χ1) is 20.9. The molecule has 0 saturated heterocycles. The van der Waals surface area contributed by atoms with Crippen molar-refractivity contribution in [3.63, 3.8) is 0 Å². The Bertz CT molecular complexity index is 2110. The normalized spacial score (nSPS) is 18.0. The van der Waals surface area contributed by atoms with E-state index >= 15 is 0 Å². The number of anilines is 2. The first-order valence-electron chi connectivity index (χ1n) is 13.5. The molecular weight excluding hydrogens is 546 g/mol. The highest BCUT2D eigenvalue weighted by molar-refractivity contribution is 6.33. The van der Waals surface area contributed by atoms with Crippen LogP contribution < -0.4 is 10.6 Å². The van der Waals surface area contributed by atoms with Crippen LogP contribution >= 0.6 is 0 Å². The van der Waals surface area contributed by atoms with E-state index in [0.29, 0.717) is 39.6 Å². The molecule has 0 bridgehead atoms. The summed E-state index contributed by atoms with van der Waals surface area (Å²) in [5, 5.41) is 22.6. The SMILES string of the molecule is O=C1C2=C(C(=O)c3ccccc31)C1(C(=O)Nc3ccccc31)c1c(c(-c3ccccc3)nn1-c1ccc([N+](=O)[O-])cc1)N2. The molecule has 10 heteroatoms. The lowest BCUT2D eigenvalue weighted by Gasteiger charge is -2.38. The van der Waals surface area contributed by atoms with E-state index in [0.717, 1.165) is 0 Å². The van der Waals surface area contributed by atoms with Gasteiger partial charge in [0.05, 0.1) is 33.3 Å². The number of carbonyl (C=O) groups excluding carboxylic acids is 3. The Morgan fingerprint density at radius 2 is 1.40 bits per heavy atom. The van der Waals surface area contributed by atoms with Gasteiger partial charge < -0.3 is 10.6 Å². The second-order valence-corrected chi connectivity index (χ2v) is 10.5. The number of Topliss-reactive ketones (excluding diaryl/α,β-unsaturated/α-hetero) is 2. The standard InChI is InChI=1S/C33H19N5O5/c39-29-21-10-4-5-11-22(21)30(40)27-25(29)33(23-12-6-7-13-24(23)34-32(33)41)31-28(35-27)26(18-8-2-1-3-9-18)36-37(31)19-14-16-20(17-15-19)38(42)43/h1-17,35H,(H,34,41). The summed E-state index contributed by atoms with van der Waals surface area (Å²) >= 11 is 0. The third kappa shape index (κ3) is 3.17. The summed E-state index contributed by atoms with van der Waals surface area (Å²) in [4.78, 5) is 54.0. The minimum Gasteiger partial charge on any atom is -0.349 e. The number of rotatable bonds is 3. The monoisotopic (exact) mass is 565 g/mol. The van der Waals surface area contributed by atoms with Crippen LogP contribution in [0.2, 0.25) is 0 Å². The van der Waals surface area contributed by atoms with Gasteiger partial charge in [0, 0.05) is 40.1 Å². The molecule has 0 saturated carbocycles. The largest absolute Gasteiger partial charge is 0.349 e. The van der Waals surface area contributed by atoms with Gasteiger partial charge >= 0.3 is 0 Å². The summed E-state index contributed by atoms with van der Waals surface area (Å²) in [5.41, 5.74) is 1.88. The molecule has 1 aliphatic carbocycles. The molecule has 1 aromatic heterocycles. The molecule has 1 unspecified atom stereocenters. The molecule has 1 atom stereocenters.